The first-order valence-electron chi connectivity index (χ1n) is 7.94. The third-order valence-electron chi connectivity index (χ3n) is 3.89. The third-order valence-corrected chi connectivity index (χ3v) is 4.22. The lowest BCUT2D eigenvalue weighted by Crippen LogP contribution is -2.08. The molecule has 0 amide bonds. The van der Waals surface area contributed by atoms with Gasteiger partial charge in [0.1, 0.15) is 0 Å². The summed E-state index contributed by atoms with van der Waals surface area (Å²) in [7, 11) is 0. The monoisotopic (exact) mass is 349 g/mol. The molecule has 0 bridgehead atoms. The number of aryl methyl sites for hydroxylation is 2. The molecule has 0 atom stereocenters. The van der Waals surface area contributed by atoms with Crippen LogP contribution in [0.5, 0.6) is 0 Å². The van der Waals surface area contributed by atoms with Gasteiger partial charge in [-0.2, -0.15) is 5.10 Å². The predicted molar refractivity (Wildman–Crippen MR) is 101 cm³/mol. The maximum atomic E-state index is 6.29. The molecular weight excluding hydrogens is 334 g/mol. The van der Waals surface area contributed by atoms with Crippen LogP contribution < -0.4 is 5.32 Å². The summed E-state index contributed by atoms with van der Waals surface area (Å²) in [5.74, 6) is 1.25. The standard InChI is InChI=1S/C19H16ClN5/c1-12-11-13(2)25(24-12)19-18(21-15-8-4-3-7-14(15)20)22-16-9-5-6-10-17(16)23-19/h3-11H,1-2H3,(H,21,22). The molecule has 25 heavy (non-hydrogen) atoms. The van der Waals surface area contributed by atoms with E-state index in [1.807, 2.05) is 68.4 Å². The zero-order valence-electron chi connectivity index (χ0n) is 13.9. The van der Waals surface area contributed by atoms with Crippen molar-refractivity contribution in [2.24, 2.45) is 0 Å². The van der Waals surface area contributed by atoms with Crippen LogP contribution in [0.4, 0.5) is 11.5 Å². The van der Waals surface area contributed by atoms with Crippen LogP contribution in [-0.2, 0) is 0 Å². The van der Waals surface area contributed by atoms with Gasteiger partial charge in [-0.15, -0.1) is 0 Å². The summed E-state index contributed by atoms with van der Waals surface area (Å²) < 4.78 is 1.80. The van der Waals surface area contributed by atoms with Gasteiger partial charge in [-0.05, 0) is 44.2 Å². The predicted octanol–water partition coefficient (Wildman–Crippen LogP) is 4.83. The van der Waals surface area contributed by atoms with Crippen molar-refractivity contribution in [3.05, 3.63) is 71.0 Å². The average Bonchev–Trinajstić information content (AvgIpc) is 2.94. The van der Waals surface area contributed by atoms with E-state index in [9.17, 15) is 0 Å². The van der Waals surface area contributed by atoms with Gasteiger partial charge in [-0.25, -0.2) is 14.6 Å². The number of nitrogens with zero attached hydrogens (tertiary/aromatic N) is 4. The summed E-state index contributed by atoms with van der Waals surface area (Å²) in [5, 5.41) is 8.48. The molecular formula is C19H16ClN5. The Bertz CT molecular complexity index is 1070. The first-order valence-corrected chi connectivity index (χ1v) is 8.31. The number of anilines is 2. The SMILES string of the molecule is Cc1cc(C)n(-c2nc3ccccc3nc2Nc2ccccc2Cl)n1. The minimum absolute atomic E-state index is 0.609. The lowest BCUT2D eigenvalue weighted by molar-refractivity contribution is 0.808. The summed E-state index contributed by atoms with van der Waals surface area (Å²) in [6.45, 7) is 3.95. The summed E-state index contributed by atoms with van der Waals surface area (Å²) in [4.78, 5) is 9.52. The Labute approximate surface area is 150 Å². The van der Waals surface area contributed by atoms with E-state index < -0.39 is 0 Å². The Kier molecular flexibility index (Phi) is 3.86. The van der Waals surface area contributed by atoms with Crippen LogP contribution in [0.25, 0.3) is 16.9 Å². The number of rotatable bonds is 3. The van der Waals surface area contributed by atoms with Crippen molar-refractivity contribution < 1.29 is 0 Å². The number of para-hydroxylation sites is 3. The minimum atomic E-state index is 0.609. The number of benzene rings is 2. The molecule has 4 rings (SSSR count). The second-order valence-electron chi connectivity index (χ2n) is 5.83. The highest BCUT2D eigenvalue weighted by Gasteiger charge is 2.15. The van der Waals surface area contributed by atoms with Gasteiger partial charge in [-0.1, -0.05) is 35.9 Å². The molecule has 0 saturated heterocycles. The summed E-state index contributed by atoms with van der Waals surface area (Å²) >= 11 is 6.29. The molecule has 0 aliphatic rings. The normalized spacial score (nSPS) is 11.0. The fourth-order valence-electron chi connectivity index (χ4n) is 2.76. The highest BCUT2D eigenvalue weighted by atomic mass is 35.5. The van der Waals surface area contributed by atoms with E-state index in [0.29, 0.717) is 16.7 Å². The smallest absolute Gasteiger partial charge is 0.197 e. The van der Waals surface area contributed by atoms with Gasteiger partial charge in [-0.3, -0.25) is 0 Å². The summed E-state index contributed by atoms with van der Waals surface area (Å²) in [6, 6.07) is 17.3. The maximum Gasteiger partial charge on any atom is 0.197 e. The molecule has 0 aliphatic carbocycles. The molecule has 0 radical (unpaired) electrons. The molecule has 1 N–H and O–H groups in total. The van der Waals surface area contributed by atoms with Crippen LogP contribution in [0.2, 0.25) is 5.02 Å². The number of hydrogen-bond donors (Lipinski definition) is 1. The van der Waals surface area contributed by atoms with Gasteiger partial charge in [0.05, 0.1) is 27.4 Å². The fourth-order valence-corrected chi connectivity index (χ4v) is 2.94. The van der Waals surface area contributed by atoms with Crippen LogP contribution in [0.1, 0.15) is 11.4 Å². The van der Waals surface area contributed by atoms with Crippen molar-refractivity contribution in [3.63, 3.8) is 0 Å². The van der Waals surface area contributed by atoms with E-state index in [1.54, 1.807) is 4.68 Å². The van der Waals surface area contributed by atoms with Crippen molar-refractivity contribution in [2.45, 2.75) is 13.8 Å². The van der Waals surface area contributed by atoms with Crippen LogP contribution >= 0.6 is 11.6 Å². The Hall–Kier alpha value is -2.92. The second-order valence-corrected chi connectivity index (χ2v) is 6.24. The molecule has 6 heteroatoms. The molecule has 4 aromatic rings. The highest BCUT2D eigenvalue weighted by molar-refractivity contribution is 6.33. The zero-order valence-corrected chi connectivity index (χ0v) is 14.6. The van der Waals surface area contributed by atoms with Crippen LogP contribution in [0, 0.1) is 13.8 Å². The van der Waals surface area contributed by atoms with Gasteiger partial charge < -0.3 is 5.32 Å². The number of nitrogens with one attached hydrogen (secondary N) is 1. The first-order chi connectivity index (χ1) is 12.1. The fraction of sp³-hybridized carbons (Fsp3) is 0.105. The minimum Gasteiger partial charge on any atom is -0.336 e. The number of halogens is 1. The summed E-state index contributed by atoms with van der Waals surface area (Å²) in [5.41, 5.74) is 4.31. The van der Waals surface area contributed by atoms with Gasteiger partial charge in [0.25, 0.3) is 0 Å². The Morgan fingerprint density at radius 2 is 1.60 bits per heavy atom. The Balaban J connectivity index is 1.93. The van der Waals surface area contributed by atoms with E-state index >= 15 is 0 Å². The van der Waals surface area contributed by atoms with E-state index in [0.717, 1.165) is 28.1 Å². The zero-order chi connectivity index (χ0) is 17.4. The third kappa shape index (κ3) is 2.94. The maximum absolute atomic E-state index is 6.29. The molecule has 2 heterocycles. The molecule has 0 saturated carbocycles. The lowest BCUT2D eigenvalue weighted by Gasteiger charge is -2.13. The molecule has 5 nitrogen and oxygen atoms in total. The van der Waals surface area contributed by atoms with Crippen LogP contribution in [0.3, 0.4) is 0 Å². The van der Waals surface area contributed by atoms with Crippen molar-refractivity contribution in [2.75, 3.05) is 5.32 Å². The van der Waals surface area contributed by atoms with Gasteiger partial charge in [0.15, 0.2) is 11.6 Å². The molecule has 0 spiro atoms. The van der Waals surface area contributed by atoms with Gasteiger partial charge >= 0.3 is 0 Å². The Morgan fingerprint density at radius 1 is 0.920 bits per heavy atom. The van der Waals surface area contributed by atoms with E-state index in [4.69, 9.17) is 21.6 Å². The Morgan fingerprint density at radius 3 is 2.28 bits per heavy atom. The van der Waals surface area contributed by atoms with E-state index in [2.05, 4.69) is 10.4 Å². The number of hydrogen-bond acceptors (Lipinski definition) is 4. The summed E-state index contributed by atoms with van der Waals surface area (Å²) in [6.07, 6.45) is 0. The van der Waals surface area contributed by atoms with Crippen LogP contribution in [0.15, 0.2) is 54.6 Å². The van der Waals surface area contributed by atoms with Gasteiger partial charge in [0.2, 0.25) is 0 Å². The molecule has 2 aromatic heterocycles. The van der Waals surface area contributed by atoms with Crippen molar-refractivity contribution in [1.29, 1.82) is 0 Å². The van der Waals surface area contributed by atoms with Crippen molar-refractivity contribution >= 4 is 34.1 Å². The van der Waals surface area contributed by atoms with E-state index in [-0.39, 0.29) is 0 Å². The number of fused-ring (bicyclic) bond motifs is 1. The van der Waals surface area contributed by atoms with Crippen molar-refractivity contribution in [1.82, 2.24) is 19.7 Å². The topological polar surface area (TPSA) is 55.6 Å². The van der Waals surface area contributed by atoms with Crippen molar-refractivity contribution in [3.8, 4) is 5.82 Å². The molecule has 0 aliphatic heterocycles. The van der Waals surface area contributed by atoms with Gasteiger partial charge in [0, 0.05) is 5.69 Å². The van der Waals surface area contributed by atoms with E-state index in [1.165, 1.54) is 0 Å². The molecule has 2 aromatic carbocycles. The number of aromatic nitrogens is 4. The van der Waals surface area contributed by atoms with Crippen LogP contribution in [-0.4, -0.2) is 19.7 Å². The molecule has 124 valence electrons. The lowest BCUT2D eigenvalue weighted by atomic mass is 10.3. The first kappa shape index (κ1) is 15.6. The second kappa shape index (κ2) is 6.18. The highest BCUT2D eigenvalue weighted by Crippen LogP contribution is 2.28. The average molecular weight is 350 g/mol. The molecule has 0 unspecified atom stereocenters. The largest absolute Gasteiger partial charge is 0.336 e. The molecule has 0 fully saturated rings. The quantitative estimate of drug-likeness (QED) is 0.575.